The largest absolute Gasteiger partial charge is 0.290 e. The summed E-state index contributed by atoms with van der Waals surface area (Å²) in [4.78, 5) is 26.4. The highest BCUT2D eigenvalue weighted by Gasteiger charge is 2.47. The molecular weight excluding hydrogens is 323 g/mol. The van der Waals surface area contributed by atoms with Crippen LogP contribution in [0.4, 0.5) is 10.2 Å². The van der Waals surface area contributed by atoms with Gasteiger partial charge in [-0.25, -0.2) is 4.39 Å². The standard InChI is InChI=1S/C18H19FN4O2/c1-10-14-15(11-6-8-12(19)9-7-11)16(22-25)18(24)23(17(14)21-20-10)13-4-2-3-5-13/h6-9,13,15-16H,2-5H2,1H3,(H,20,21)/t15-,16-/m0/s1. The van der Waals surface area contributed by atoms with Crippen LogP contribution in [0.25, 0.3) is 0 Å². The average Bonchev–Trinajstić information content (AvgIpc) is 3.25. The maximum absolute atomic E-state index is 13.3. The van der Waals surface area contributed by atoms with Crippen molar-refractivity contribution in [3.8, 4) is 0 Å². The summed E-state index contributed by atoms with van der Waals surface area (Å²) in [5.41, 5.74) is 2.30. The number of aromatic amines is 1. The molecule has 6 nitrogen and oxygen atoms in total. The highest BCUT2D eigenvalue weighted by Crippen LogP contribution is 2.44. The van der Waals surface area contributed by atoms with Crippen LogP contribution in [-0.2, 0) is 4.79 Å². The van der Waals surface area contributed by atoms with E-state index in [2.05, 4.69) is 15.4 Å². The lowest BCUT2D eigenvalue weighted by Crippen LogP contribution is -2.50. The Morgan fingerprint density at radius 2 is 1.92 bits per heavy atom. The van der Waals surface area contributed by atoms with Crippen LogP contribution in [0.2, 0.25) is 0 Å². The smallest absolute Gasteiger partial charge is 0.257 e. The van der Waals surface area contributed by atoms with Crippen LogP contribution in [-0.4, -0.2) is 28.2 Å². The summed E-state index contributed by atoms with van der Waals surface area (Å²) in [7, 11) is 0. The van der Waals surface area contributed by atoms with Gasteiger partial charge in [0.25, 0.3) is 5.91 Å². The predicted octanol–water partition coefficient (Wildman–Crippen LogP) is 3.41. The number of nitrogens with one attached hydrogen (secondary N) is 1. The maximum atomic E-state index is 13.3. The molecule has 0 spiro atoms. The summed E-state index contributed by atoms with van der Waals surface area (Å²) in [5, 5.41) is 10.5. The number of hydrogen-bond acceptors (Lipinski definition) is 4. The first-order valence-electron chi connectivity index (χ1n) is 8.57. The number of carbonyl (C=O) groups excluding carboxylic acids is 1. The predicted molar refractivity (Wildman–Crippen MR) is 90.9 cm³/mol. The lowest BCUT2D eigenvalue weighted by Gasteiger charge is -2.37. The quantitative estimate of drug-likeness (QED) is 0.868. The van der Waals surface area contributed by atoms with Gasteiger partial charge in [0.1, 0.15) is 5.82 Å². The molecule has 4 rings (SSSR count). The van der Waals surface area contributed by atoms with Gasteiger partial charge in [-0.15, -0.1) is 4.91 Å². The maximum Gasteiger partial charge on any atom is 0.257 e. The Morgan fingerprint density at radius 1 is 1.24 bits per heavy atom. The van der Waals surface area contributed by atoms with Crippen molar-refractivity contribution in [2.75, 3.05) is 4.90 Å². The van der Waals surface area contributed by atoms with Crippen LogP contribution in [0.5, 0.6) is 0 Å². The van der Waals surface area contributed by atoms with E-state index in [0.29, 0.717) is 11.4 Å². The lowest BCUT2D eigenvalue weighted by atomic mass is 9.81. The van der Waals surface area contributed by atoms with Gasteiger partial charge in [0.05, 0.1) is 0 Å². The third-order valence-corrected chi connectivity index (χ3v) is 5.35. The highest BCUT2D eigenvalue weighted by atomic mass is 19.1. The lowest BCUT2D eigenvalue weighted by molar-refractivity contribution is -0.121. The van der Waals surface area contributed by atoms with Gasteiger partial charge < -0.3 is 0 Å². The van der Waals surface area contributed by atoms with Crippen LogP contribution >= 0.6 is 0 Å². The van der Waals surface area contributed by atoms with Crippen molar-refractivity contribution in [2.24, 2.45) is 5.18 Å². The van der Waals surface area contributed by atoms with Crippen molar-refractivity contribution in [1.82, 2.24) is 10.2 Å². The van der Waals surface area contributed by atoms with Crippen molar-refractivity contribution in [2.45, 2.75) is 50.6 Å². The number of aromatic nitrogens is 2. The average molecular weight is 342 g/mol. The molecule has 1 fully saturated rings. The van der Waals surface area contributed by atoms with Gasteiger partial charge in [-0.3, -0.25) is 14.8 Å². The van der Waals surface area contributed by atoms with E-state index in [-0.39, 0.29) is 17.8 Å². The van der Waals surface area contributed by atoms with Crippen molar-refractivity contribution in [3.05, 3.63) is 51.8 Å². The molecule has 0 unspecified atom stereocenters. The molecule has 1 amide bonds. The molecule has 0 saturated heterocycles. The van der Waals surface area contributed by atoms with Crippen LogP contribution in [0.1, 0.15) is 48.4 Å². The third kappa shape index (κ3) is 2.45. The molecule has 0 bridgehead atoms. The van der Waals surface area contributed by atoms with E-state index in [0.717, 1.165) is 36.9 Å². The summed E-state index contributed by atoms with van der Waals surface area (Å²) >= 11 is 0. The second-order valence-corrected chi connectivity index (χ2v) is 6.81. The van der Waals surface area contributed by atoms with Crippen LogP contribution in [0.3, 0.4) is 0 Å². The fourth-order valence-corrected chi connectivity index (χ4v) is 4.17. The topological polar surface area (TPSA) is 78.4 Å². The zero-order valence-electron chi connectivity index (χ0n) is 13.9. The highest BCUT2D eigenvalue weighted by molar-refractivity contribution is 6.01. The number of amides is 1. The van der Waals surface area contributed by atoms with Crippen LogP contribution < -0.4 is 4.90 Å². The molecule has 1 aliphatic heterocycles. The van der Waals surface area contributed by atoms with Gasteiger partial charge in [0, 0.05) is 23.2 Å². The van der Waals surface area contributed by atoms with Gasteiger partial charge >= 0.3 is 0 Å². The molecule has 1 saturated carbocycles. The van der Waals surface area contributed by atoms with Crippen molar-refractivity contribution in [1.29, 1.82) is 0 Å². The summed E-state index contributed by atoms with van der Waals surface area (Å²) in [6, 6.07) is 4.88. The Bertz CT molecular complexity index is 811. The first-order chi connectivity index (χ1) is 12.1. The minimum Gasteiger partial charge on any atom is -0.290 e. The summed E-state index contributed by atoms with van der Waals surface area (Å²) < 4.78 is 13.3. The van der Waals surface area contributed by atoms with E-state index < -0.39 is 12.0 Å². The Labute approximate surface area is 144 Å². The van der Waals surface area contributed by atoms with E-state index in [1.165, 1.54) is 12.1 Å². The van der Waals surface area contributed by atoms with Gasteiger partial charge in [-0.1, -0.05) is 30.2 Å². The molecule has 1 aromatic carbocycles. The molecule has 2 aromatic rings. The zero-order chi connectivity index (χ0) is 17.6. The number of halogens is 1. The molecule has 1 aromatic heterocycles. The molecule has 2 aliphatic rings. The SMILES string of the molecule is Cc1[nH]nc2c1[C@H](c1ccc(F)cc1)[C@H](N=O)C(=O)N2C1CCCC1. The van der Waals surface area contributed by atoms with Crippen LogP contribution in [0.15, 0.2) is 29.4 Å². The number of rotatable bonds is 3. The van der Waals surface area contributed by atoms with Crippen molar-refractivity contribution in [3.63, 3.8) is 0 Å². The molecule has 2 heterocycles. The minimum absolute atomic E-state index is 0.0624. The summed E-state index contributed by atoms with van der Waals surface area (Å²) in [6.45, 7) is 1.87. The molecular formula is C18H19FN4O2. The number of carbonyl (C=O) groups is 1. The summed E-state index contributed by atoms with van der Waals surface area (Å²) in [5.74, 6) is -0.630. The van der Waals surface area contributed by atoms with Gasteiger partial charge in [0.15, 0.2) is 11.9 Å². The first kappa shape index (κ1) is 15.9. The molecule has 2 atom stereocenters. The van der Waals surface area contributed by atoms with E-state index in [4.69, 9.17) is 0 Å². The van der Waals surface area contributed by atoms with E-state index in [1.54, 1.807) is 17.0 Å². The number of nitroso groups, excluding NO2 is 1. The normalized spacial score (nSPS) is 23.8. The first-order valence-corrected chi connectivity index (χ1v) is 8.57. The number of fused-ring (bicyclic) bond motifs is 1. The van der Waals surface area contributed by atoms with Gasteiger partial charge in [0.2, 0.25) is 0 Å². The van der Waals surface area contributed by atoms with E-state index in [9.17, 15) is 14.1 Å². The molecule has 130 valence electrons. The molecule has 25 heavy (non-hydrogen) atoms. The fourth-order valence-electron chi connectivity index (χ4n) is 4.17. The fraction of sp³-hybridized carbons (Fsp3) is 0.444. The number of H-pyrrole nitrogens is 1. The number of aryl methyl sites for hydroxylation is 1. The zero-order valence-corrected chi connectivity index (χ0v) is 13.9. The van der Waals surface area contributed by atoms with E-state index in [1.807, 2.05) is 6.92 Å². The number of benzene rings is 1. The number of hydrogen-bond donors (Lipinski definition) is 1. The monoisotopic (exact) mass is 342 g/mol. The Hall–Kier alpha value is -2.57. The van der Waals surface area contributed by atoms with Crippen LogP contribution in [0, 0.1) is 17.6 Å². The Kier molecular flexibility index (Phi) is 3.86. The van der Waals surface area contributed by atoms with E-state index >= 15 is 0 Å². The molecule has 0 radical (unpaired) electrons. The number of anilines is 1. The van der Waals surface area contributed by atoms with Gasteiger partial charge in [-0.2, -0.15) is 5.10 Å². The Balaban J connectivity index is 1.87. The van der Waals surface area contributed by atoms with Gasteiger partial charge in [-0.05, 0) is 37.5 Å². The Morgan fingerprint density at radius 3 is 2.56 bits per heavy atom. The van der Waals surface area contributed by atoms with Crippen molar-refractivity contribution < 1.29 is 9.18 Å². The number of nitrogens with zero attached hydrogens (tertiary/aromatic N) is 3. The molecule has 7 heteroatoms. The molecule has 1 aliphatic carbocycles. The second kappa shape index (κ2) is 6.06. The minimum atomic E-state index is -1.06. The molecule has 1 N–H and O–H groups in total. The third-order valence-electron chi connectivity index (χ3n) is 5.35. The van der Waals surface area contributed by atoms with Crippen molar-refractivity contribution >= 4 is 11.7 Å². The second-order valence-electron chi connectivity index (χ2n) is 6.81. The summed E-state index contributed by atoms with van der Waals surface area (Å²) in [6.07, 6.45) is 3.94.